The molecule has 0 radical (unpaired) electrons. The highest BCUT2D eigenvalue weighted by Gasteiger charge is 2.12. The van der Waals surface area contributed by atoms with Gasteiger partial charge in [-0.05, 0) is 54.3 Å². The molecule has 3 aromatic carbocycles. The molecule has 0 unspecified atom stereocenters. The summed E-state index contributed by atoms with van der Waals surface area (Å²) >= 11 is 6.11. The SMILES string of the molecule is Cc1ccc(-c2ccccc2C(=O)NCCc2c[nH]c3ccc(Cl)cc23)cc1. The van der Waals surface area contributed by atoms with Crippen LogP contribution in [0.25, 0.3) is 22.0 Å². The molecular formula is C24H21ClN2O. The second-order valence-electron chi connectivity index (χ2n) is 6.92. The molecule has 1 aromatic heterocycles. The van der Waals surface area contributed by atoms with E-state index in [1.54, 1.807) is 0 Å². The van der Waals surface area contributed by atoms with Crippen molar-refractivity contribution in [2.24, 2.45) is 0 Å². The number of amides is 1. The molecule has 3 nitrogen and oxygen atoms in total. The summed E-state index contributed by atoms with van der Waals surface area (Å²) in [4.78, 5) is 16.1. The van der Waals surface area contributed by atoms with Gasteiger partial charge in [0, 0.05) is 34.2 Å². The number of aromatic amines is 1. The number of nitrogens with one attached hydrogen (secondary N) is 2. The van der Waals surface area contributed by atoms with Crippen LogP contribution in [0.3, 0.4) is 0 Å². The Balaban J connectivity index is 1.48. The summed E-state index contributed by atoms with van der Waals surface area (Å²) in [5.74, 6) is -0.0611. The van der Waals surface area contributed by atoms with E-state index in [4.69, 9.17) is 11.6 Å². The first-order valence-electron chi connectivity index (χ1n) is 9.31. The van der Waals surface area contributed by atoms with Gasteiger partial charge in [-0.15, -0.1) is 0 Å². The van der Waals surface area contributed by atoms with Gasteiger partial charge >= 0.3 is 0 Å². The molecule has 0 atom stereocenters. The Morgan fingerprint density at radius 1 is 1.04 bits per heavy atom. The van der Waals surface area contributed by atoms with Gasteiger partial charge in [0.05, 0.1) is 0 Å². The molecule has 0 aliphatic heterocycles. The van der Waals surface area contributed by atoms with Crippen molar-refractivity contribution >= 4 is 28.4 Å². The number of fused-ring (bicyclic) bond motifs is 1. The molecule has 0 saturated heterocycles. The summed E-state index contributed by atoms with van der Waals surface area (Å²) in [5, 5.41) is 4.86. The van der Waals surface area contributed by atoms with Gasteiger partial charge in [-0.3, -0.25) is 4.79 Å². The fourth-order valence-electron chi connectivity index (χ4n) is 3.43. The van der Waals surface area contributed by atoms with Crippen LogP contribution in [-0.2, 0) is 6.42 Å². The zero-order chi connectivity index (χ0) is 19.5. The summed E-state index contributed by atoms with van der Waals surface area (Å²) in [5.41, 5.74) is 6.07. The second-order valence-corrected chi connectivity index (χ2v) is 7.36. The second kappa shape index (κ2) is 7.91. The Morgan fingerprint density at radius 2 is 1.82 bits per heavy atom. The summed E-state index contributed by atoms with van der Waals surface area (Å²) < 4.78 is 0. The topological polar surface area (TPSA) is 44.9 Å². The number of H-pyrrole nitrogens is 1. The molecule has 0 spiro atoms. The predicted molar refractivity (Wildman–Crippen MR) is 116 cm³/mol. The average molecular weight is 389 g/mol. The summed E-state index contributed by atoms with van der Waals surface area (Å²) in [6.45, 7) is 2.61. The molecule has 4 heteroatoms. The van der Waals surface area contributed by atoms with Crippen molar-refractivity contribution in [1.29, 1.82) is 0 Å². The normalized spacial score (nSPS) is 10.9. The van der Waals surface area contributed by atoms with Gasteiger partial charge in [0.1, 0.15) is 0 Å². The third-order valence-corrected chi connectivity index (χ3v) is 5.18. The van der Waals surface area contributed by atoms with Crippen molar-refractivity contribution in [2.45, 2.75) is 13.3 Å². The number of aryl methyl sites for hydroxylation is 1. The van der Waals surface area contributed by atoms with E-state index >= 15 is 0 Å². The smallest absolute Gasteiger partial charge is 0.251 e. The molecule has 0 aliphatic rings. The summed E-state index contributed by atoms with van der Waals surface area (Å²) in [7, 11) is 0. The van der Waals surface area contributed by atoms with Crippen LogP contribution >= 0.6 is 11.6 Å². The zero-order valence-corrected chi connectivity index (χ0v) is 16.4. The van der Waals surface area contributed by atoms with Crippen LogP contribution < -0.4 is 5.32 Å². The molecule has 0 aliphatic carbocycles. The van der Waals surface area contributed by atoms with Crippen molar-refractivity contribution < 1.29 is 4.79 Å². The molecule has 0 fully saturated rings. The van der Waals surface area contributed by atoms with Crippen LogP contribution in [0, 0.1) is 6.92 Å². The first kappa shape index (κ1) is 18.3. The maximum Gasteiger partial charge on any atom is 0.251 e. The number of hydrogen-bond donors (Lipinski definition) is 2. The molecule has 4 aromatic rings. The van der Waals surface area contributed by atoms with Crippen molar-refractivity contribution in [3.63, 3.8) is 0 Å². The fraction of sp³-hybridized carbons (Fsp3) is 0.125. The lowest BCUT2D eigenvalue weighted by Crippen LogP contribution is -2.26. The number of halogens is 1. The monoisotopic (exact) mass is 388 g/mol. The minimum atomic E-state index is -0.0611. The van der Waals surface area contributed by atoms with Crippen LogP contribution in [0.2, 0.25) is 5.02 Å². The van der Waals surface area contributed by atoms with Gasteiger partial charge in [-0.25, -0.2) is 0 Å². The van der Waals surface area contributed by atoms with Crippen LogP contribution in [0.15, 0.2) is 72.9 Å². The number of carbonyl (C=O) groups is 1. The van der Waals surface area contributed by atoms with Gasteiger partial charge < -0.3 is 10.3 Å². The highest BCUT2D eigenvalue weighted by Crippen LogP contribution is 2.25. The lowest BCUT2D eigenvalue weighted by Gasteiger charge is -2.11. The lowest BCUT2D eigenvalue weighted by atomic mass is 9.98. The van der Waals surface area contributed by atoms with Crippen molar-refractivity contribution in [1.82, 2.24) is 10.3 Å². The number of carbonyl (C=O) groups excluding carboxylic acids is 1. The van der Waals surface area contributed by atoms with E-state index in [1.165, 1.54) is 5.56 Å². The Bertz CT molecular complexity index is 1130. The predicted octanol–water partition coefficient (Wildman–Crippen LogP) is 5.77. The van der Waals surface area contributed by atoms with E-state index in [-0.39, 0.29) is 5.91 Å². The van der Waals surface area contributed by atoms with E-state index in [0.29, 0.717) is 17.1 Å². The minimum Gasteiger partial charge on any atom is -0.361 e. The van der Waals surface area contributed by atoms with Crippen molar-refractivity contribution in [3.8, 4) is 11.1 Å². The van der Waals surface area contributed by atoms with E-state index in [0.717, 1.165) is 34.0 Å². The first-order valence-corrected chi connectivity index (χ1v) is 9.69. The molecule has 4 rings (SSSR count). The zero-order valence-electron chi connectivity index (χ0n) is 15.6. The summed E-state index contributed by atoms with van der Waals surface area (Å²) in [6.07, 6.45) is 2.71. The quantitative estimate of drug-likeness (QED) is 0.448. The minimum absolute atomic E-state index is 0.0611. The van der Waals surface area contributed by atoms with Crippen molar-refractivity contribution in [3.05, 3.63) is 94.6 Å². The van der Waals surface area contributed by atoms with Gasteiger partial charge in [-0.2, -0.15) is 0 Å². The number of benzene rings is 3. The number of rotatable bonds is 5. The van der Waals surface area contributed by atoms with Crippen LogP contribution in [-0.4, -0.2) is 17.4 Å². The van der Waals surface area contributed by atoms with Gasteiger partial charge in [0.2, 0.25) is 0 Å². The Hall–Kier alpha value is -3.04. The van der Waals surface area contributed by atoms with Gasteiger partial charge in [-0.1, -0.05) is 59.6 Å². The maximum atomic E-state index is 12.8. The standard InChI is InChI=1S/C24H21ClN2O/c1-16-6-8-17(9-7-16)20-4-2-3-5-21(20)24(28)26-13-12-18-15-27-23-11-10-19(25)14-22(18)23/h2-11,14-15,27H,12-13H2,1H3,(H,26,28). The van der Waals surface area contributed by atoms with Crippen LogP contribution in [0.4, 0.5) is 0 Å². The number of aromatic nitrogens is 1. The largest absolute Gasteiger partial charge is 0.361 e. The fourth-order valence-corrected chi connectivity index (χ4v) is 3.60. The maximum absolute atomic E-state index is 12.8. The Morgan fingerprint density at radius 3 is 2.64 bits per heavy atom. The lowest BCUT2D eigenvalue weighted by molar-refractivity contribution is 0.0955. The molecular weight excluding hydrogens is 368 g/mol. The van der Waals surface area contributed by atoms with Crippen LogP contribution in [0.1, 0.15) is 21.5 Å². The molecule has 0 saturated carbocycles. The first-order chi connectivity index (χ1) is 13.6. The third kappa shape index (κ3) is 3.80. The van der Waals surface area contributed by atoms with Crippen LogP contribution in [0.5, 0.6) is 0 Å². The number of hydrogen-bond acceptors (Lipinski definition) is 1. The molecule has 1 amide bonds. The molecule has 140 valence electrons. The Labute approximate surface area is 169 Å². The molecule has 2 N–H and O–H groups in total. The van der Waals surface area contributed by atoms with Crippen molar-refractivity contribution in [2.75, 3.05) is 6.54 Å². The Kier molecular flexibility index (Phi) is 5.18. The third-order valence-electron chi connectivity index (χ3n) is 4.94. The molecule has 0 bridgehead atoms. The average Bonchev–Trinajstić information content (AvgIpc) is 3.10. The van der Waals surface area contributed by atoms with Gasteiger partial charge in [0.15, 0.2) is 0 Å². The van der Waals surface area contributed by atoms with E-state index in [9.17, 15) is 4.79 Å². The summed E-state index contributed by atoms with van der Waals surface area (Å²) in [6, 6.07) is 21.7. The molecule has 28 heavy (non-hydrogen) atoms. The highest BCUT2D eigenvalue weighted by molar-refractivity contribution is 6.31. The van der Waals surface area contributed by atoms with E-state index in [1.807, 2.05) is 48.7 Å². The highest BCUT2D eigenvalue weighted by atomic mass is 35.5. The van der Waals surface area contributed by atoms with E-state index < -0.39 is 0 Å². The molecule has 1 heterocycles. The van der Waals surface area contributed by atoms with E-state index in [2.05, 4.69) is 41.5 Å². The van der Waals surface area contributed by atoms with Gasteiger partial charge in [0.25, 0.3) is 5.91 Å².